The number of hydrogen-bond acceptors (Lipinski definition) is 4. The van der Waals surface area contributed by atoms with Crippen molar-refractivity contribution < 1.29 is 9.53 Å². The van der Waals surface area contributed by atoms with E-state index in [1.165, 1.54) is 7.11 Å². The molecular weight excluding hydrogens is 256 g/mol. The highest BCUT2D eigenvalue weighted by molar-refractivity contribution is 6.06. The van der Waals surface area contributed by atoms with Gasteiger partial charge in [0.15, 0.2) is 0 Å². The lowest BCUT2D eigenvalue weighted by molar-refractivity contribution is 0.102. The third-order valence-electron chi connectivity index (χ3n) is 2.86. The maximum atomic E-state index is 12.3. The lowest BCUT2D eigenvalue weighted by atomic mass is 10.1. The summed E-state index contributed by atoms with van der Waals surface area (Å²) in [7, 11) is 3.23. The van der Waals surface area contributed by atoms with Crippen LogP contribution in [0.25, 0.3) is 0 Å². The predicted octanol–water partition coefficient (Wildman–Crippen LogP) is 1.86. The number of carbonyl (C=O) groups is 1. The largest absolute Gasteiger partial charge is 0.495 e. The molecule has 0 saturated heterocycles. The number of nitrogens with zero attached hydrogens (tertiary/aromatic N) is 3. The molecule has 1 aromatic carbocycles. The number of hydrogen-bond donors (Lipinski definition) is 1. The second-order valence-electron chi connectivity index (χ2n) is 4.25. The number of para-hydroxylation sites is 1. The van der Waals surface area contributed by atoms with E-state index in [0.29, 0.717) is 28.3 Å². The third-order valence-corrected chi connectivity index (χ3v) is 2.86. The van der Waals surface area contributed by atoms with E-state index >= 15 is 0 Å². The quantitative estimate of drug-likeness (QED) is 0.923. The fraction of sp³-hybridized carbons (Fsp3) is 0.214. The van der Waals surface area contributed by atoms with Gasteiger partial charge in [-0.3, -0.25) is 9.48 Å². The van der Waals surface area contributed by atoms with Crippen molar-refractivity contribution in [2.24, 2.45) is 7.05 Å². The highest BCUT2D eigenvalue weighted by Crippen LogP contribution is 2.28. The van der Waals surface area contributed by atoms with Crippen LogP contribution >= 0.6 is 0 Å². The van der Waals surface area contributed by atoms with Crippen LogP contribution < -0.4 is 10.1 Å². The first-order valence-corrected chi connectivity index (χ1v) is 5.95. The van der Waals surface area contributed by atoms with Gasteiger partial charge in [0, 0.05) is 13.2 Å². The Bertz CT molecular complexity index is 698. The van der Waals surface area contributed by atoms with E-state index in [4.69, 9.17) is 10.00 Å². The summed E-state index contributed by atoms with van der Waals surface area (Å²) in [4.78, 5) is 12.3. The SMILES string of the molecule is COc1cccc(C#N)c1NC(=O)c1cn(C)nc1C. The Morgan fingerprint density at radius 1 is 1.50 bits per heavy atom. The van der Waals surface area contributed by atoms with Crippen molar-refractivity contribution in [2.75, 3.05) is 12.4 Å². The van der Waals surface area contributed by atoms with Gasteiger partial charge in [-0.1, -0.05) is 6.07 Å². The summed E-state index contributed by atoms with van der Waals surface area (Å²) < 4.78 is 6.74. The van der Waals surface area contributed by atoms with Crippen LogP contribution in [-0.4, -0.2) is 22.8 Å². The second kappa shape index (κ2) is 5.45. The minimum atomic E-state index is -0.323. The van der Waals surface area contributed by atoms with Crippen molar-refractivity contribution in [2.45, 2.75) is 6.92 Å². The van der Waals surface area contributed by atoms with Gasteiger partial charge >= 0.3 is 0 Å². The Morgan fingerprint density at radius 2 is 2.25 bits per heavy atom. The van der Waals surface area contributed by atoms with E-state index in [9.17, 15) is 4.79 Å². The minimum absolute atomic E-state index is 0.323. The van der Waals surface area contributed by atoms with E-state index in [1.807, 2.05) is 6.07 Å². The number of aryl methyl sites for hydroxylation is 2. The topological polar surface area (TPSA) is 79.9 Å². The standard InChI is InChI=1S/C14H14N4O2/c1-9-11(8-18(2)17-9)14(19)16-13-10(7-15)5-4-6-12(13)20-3/h4-6,8H,1-3H3,(H,16,19). The van der Waals surface area contributed by atoms with E-state index < -0.39 is 0 Å². The van der Waals surface area contributed by atoms with Crippen molar-refractivity contribution >= 4 is 11.6 Å². The number of aromatic nitrogens is 2. The molecule has 2 aromatic rings. The zero-order chi connectivity index (χ0) is 14.7. The van der Waals surface area contributed by atoms with Gasteiger partial charge in [-0.2, -0.15) is 10.4 Å². The lowest BCUT2D eigenvalue weighted by Gasteiger charge is -2.11. The Labute approximate surface area is 116 Å². The zero-order valence-electron chi connectivity index (χ0n) is 11.5. The first-order valence-electron chi connectivity index (χ1n) is 5.95. The first kappa shape index (κ1) is 13.6. The number of ether oxygens (including phenoxy) is 1. The molecule has 1 amide bonds. The molecule has 1 heterocycles. The molecule has 6 nitrogen and oxygen atoms in total. The van der Waals surface area contributed by atoms with Crippen molar-refractivity contribution in [3.05, 3.63) is 41.2 Å². The van der Waals surface area contributed by atoms with Crippen LogP contribution in [0.1, 0.15) is 21.6 Å². The van der Waals surface area contributed by atoms with Gasteiger partial charge in [-0.15, -0.1) is 0 Å². The molecular formula is C14H14N4O2. The molecule has 0 radical (unpaired) electrons. The number of benzene rings is 1. The Kier molecular flexibility index (Phi) is 3.71. The number of amides is 1. The van der Waals surface area contributed by atoms with Gasteiger partial charge in [0.25, 0.3) is 5.91 Å². The number of nitriles is 1. The van der Waals surface area contributed by atoms with Crippen LogP contribution in [0.3, 0.4) is 0 Å². The monoisotopic (exact) mass is 270 g/mol. The molecule has 1 aromatic heterocycles. The second-order valence-corrected chi connectivity index (χ2v) is 4.25. The van der Waals surface area contributed by atoms with E-state index in [-0.39, 0.29) is 5.91 Å². The molecule has 0 aliphatic rings. The normalized spacial score (nSPS) is 9.90. The summed E-state index contributed by atoms with van der Waals surface area (Å²) in [6.07, 6.45) is 1.63. The van der Waals surface area contributed by atoms with E-state index in [0.717, 1.165) is 0 Å². The smallest absolute Gasteiger partial charge is 0.259 e. The number of carbonyl (C=O) groups excluding carboxylic acids is 1. The molecule has 0 aliphatic carbocycles. The fourth-order valence-corrected chi connectivity index (χ4v) is 1.93. The van der Waals surface area contributed by atoms with Crippen LogP contribution in [0.4, 0.5) is 5.69 Å². The summed E-state index contributed by atoms with van der Waals surface area (Å²) in [6.45, 7) is 1.75. The van der Waals surface area contributed by atoms with Crippen LogP contribution in [0.2, 0.25) is 0 Å². The summed E-state index contributed by atoms with van der Waals surface area (Å²) in [6, 6.07) is 7.03. The number of anilines is 1. The molecule has 2 rings (SSSR count). The van der Waals surface area contributed by atoms with E-state index in [1.54, 1.807) is 43.0 Å². The zero-order valence-corrected chi connectivity index (χ0v) is 11.5. The highest BCUT2D eigenvalue weighted by atomic mass is 16.5. The highest BCUT2D eigenvalue weighted by Gasteiger charge is 2.17. The van der Waals surface area contributed by atoms with Crippen molar-refractivity contribution in [1.29, 1.82) is 5.26 Å². The lowest BCUT2D eigenvalue weighted by Crippen LogP contribution is -2.14. The van der Waals surface area contributed by atoms with Crippen LogP contribution in [0.5, 0.6) is 5.75 Å². The molecule has 0 saturated carbocycles. The molecule has 0 unspecified atom stereocenters. The number of nitrogens with one attached hydrogen (secondary N) is 1. The molecule has 102 valence electrons. The van der Waals surface area contributed by atoms with Gasteiger partial charge in [0.2, 0.25) is 0 Å². The van der Waals surface area contributed by atoms with Crippen molar-refractivity contribution in [3.8, 4) is 11.8 Å². The maximum Gasteiger partial charge on any atom is 0.259 e. The van der Waals surface area contributed by atoms with Gasteiger partial charge < -0.3 is 10.1 Å². The van der Waals surface area contributed by atoms with Gasteiger partial charge in [0.1, 0.15) is 17.5 Å². The molecule has 6 heteroatoms. The maximum absolute atomic E-state index is 12.3. The molecule has 0 aliphatic heterocycles. The van der Waals surface area contributed by atoms with Crippen molar-refractivity contribution in [1.82, 2.24) is 9.78 Å². The molecule has 20 heavy (non-hydrogen) atoms. The van der Waals surface area contributed by atoms with Gasteiger partial charge in [-0.05, 0) is 19.1 Å². The first-order chi connectivity index (χ1) is 9.56. The molecule has 0 spiro atoms. The molecule has 1 N–H and O–H groups in total. The Balaban J connectivity index is 2.37. The summed E-state index contributed by atoms with van der Waals surface area (Å²) in [5.74, 6) is 0.121. The number of methoxy groups -OCH3 is 1. The van der Waals surface area contributed by atoms with Gasteiger partial charge in [-0.25, -0.2) is 0 Å². The van der Waals surface area contributed by atoms with Crippen molar-refractivity contribution in [3.63, 3.8) is 0 Å². The number of rotatable bonds is 3. The predicted molar refractivity (Wildman–Crippen MR) is 73.6 cm³/mol. The molecule has 0 bridgehead atoms. The van der Waals surface area contributed by atoms with Crippen LogP contribution in [-0.2, 0) is 7.05 Å². The Morgan fingerprint density at radius 3 is 2.80 bits per heavy atom. The van der Waals surface area contributed by atoms with E-state index in [2.05, 4.69) is 10.4 Å². The van der Waals surface area contributed by atoms with Gasteiger partial charge in [0.05, 0.1) is 23.9 Å². The summed E-state index contributed by atoms with van der Waals surface area (Å²) in [5, 5.41) is 15.9. The van der Waals surface area contributed by atoms with Crippen LogP contribution in [0.15, 0.2) is 24.4 Å². The molecule has 0 atom stereocenters. The summed E-state index contributed by atoms with van der Waals surface area (Å²) >= 11 is 0. The Hall–Kier alpha value is -2.81. The summed E-state index contributed by atoms with van der Waals surface area (Å²) in [5.41, 5.74) is 1.80. The third kappa shape index (κ3) is 2.47. The average Bonchev–Trinajstić information content (AvgIpc) is 2.78. The minimum Gasteiger partial charge on any atom is -0.495 e. The van der Waals surface area contributed by atoms with Crippen LogP contribution in [0, 0.1) is 18.3 Å². The molecule has 0 fully saturated rings. The average molecular weight is 270 g/mol. The fourth-order valence-electron chi connectivity index (χ4n) is 1.93.